The number of aromatic hydroxyl groups is 2. The van der Waals surface area contributed by atoms with Crippen molar-refractivity contribution in [3.63, 3.8) is 0 Å². The molecule has 0 aromatic heterocycles. The number of phenolic OH excluding ortho intramolecular Hbond substituents is 2. The van der Waals surface area contributed by atoms with Crippen LogP contribution < -0.4 is 9.47 Å². The molecule has 41 heavy (non-hydrogen) atoms. The zero-order chi connectivity index (χ0) is 30.9. The van der Waals surface area contributed by atoms with Gasteiger partial charge in [0.2, 0.25) is 0 Å². The highest BCUT2D eigenvalue weighted by molar-refractivity contribution is 5.84. The fourth-order valence-corrected chi connectivity index (χ4v) is 5.33. The molecule has 2 N–H and O–H groups in total. The summed E-state index contributed by atoms with van der Waals surface area (Å²) in [5, 5.41) is 21.8. The highest BCUT2D eigenvalue weighted by Gasteiger charge is 2.55. The van der Waals surface area contributed by atoms with E-state index in [4.69, 9.17) is 23.7 Å². The van der Waals surface area contributed by atoms with Crippen LogP contribution in [-0.4, -0.2) is 49.6 Å². The van der Waals surface area contributed by atoms with E-state index in [2.05, 4.69) is 0 Å². The van der Waals surface area contributed by atoms with Gasteiger partial charge >= 0.3 is 11.9 Å². The van der Waals surface area contributed by atoms with Gasteiger partial charge in [-0.1, -0.05) is 41.5 Å². The molecule has 3 rings (SSSR count). The molecule has 0 spiro atoms. The first-order valence-corrected chi connectivity index (χ1v) is 13.9. The van der Waals surface area contributed by atoms with E-state index in [1.54, 1.807) is 38.1 Å². The third-order valence-electron chi connectivity index (χ3n) is 7.36. The molecule has 1 saturated heterocycles. The number of esters is 2. The first-order valence-electron chi connectivity index (χ1n) is 13.9. The van der Waals surface area contributed by atoms with Gasteiger partial charge < -0.3 is 33.9 Å². The van der Waals surface area contributed by atoms with Crippen molar-refractivity contribution < 1.29 is 43.5 Å². The van der Waals surface area contributed by atoms with E-state index in [-0.39, 0.29) is 36.2 Å². The molecule has 1 heterocycles. The van der Waals surface area contributed by atoms with Gasteiger partial charge in [0.05, 0.1) is 39.6 Å². The normalized spacial score (nSPS) is 20.9. The fourth-order valence-electron chi connectivity index (χ4n) is 5.33. The molecule has 2 aromatic carbocycles. The van der Waals surface area contributed by atoms with Gasteiger partial charge in [-0.3, -0.25) is 9.59 Å². The molecule has 0 aliphatic carbocycles. The Morgan fingerprint density at radius 3 is 1.32 bits per heavy atom. The Kier molecular flexibility index (Phi) is 9.53. The summed E-state index contributed by atoms with van der Waals surface area (Å²) in [5.74, 6) is -2.93. The molecule has 0 saturated carbocycles. The van der Waals surface area contributed by atoms with Crippen molar-refractivity contribution in [2.45, 2.75) is 78.4 Å². The number of hydrogen-bond acceptors (Lipinski definition) is 9. The molecule has 226 valence electrons. The zero-order valence-electron chi connectivity index (χ0n) is 25.8. The molecule has 1 aliphatic rings. The van der Waals surface area contributed by atoms with Crippen molar-refractivity contribution >= 4 is 11.9 Å². The Bertz CT molecular complexity index is 1170. The first-order chi connectivity index (χ1) is 19.1. The predicted molar refractivity (Wildman–Crippen MR) is 154 cm³/mol. The number of benzene rings is 2. The van der Waals surface area contributed by atoms with Gasteiger partial charge in [0, 0.05) is 11.1 Å². The van der Waals surface area contributed by atoms with Crippen LogP contribution >= 0.6 is 0 Å². The topological polar surface area (TPSA) is 121 Å². The Hall–Kier alpha value is -3.46. The number of ether oxygens (including phenoxy) is 5. The summed E-state index contributed by atoms with van der Waals surface area (Å²) in [4.78, 5) is 27.2. The Morgan fingerprint density at radius 1 is 0.707 bits per heavy atom. The summed E-state index contributed by atoms with van der Waals surface area (Å²) < 4.78 is 28.5. The van der Waals surface area contributed by atoms with Crippen LogP contribution in [0.5, 0.6) is 23.0 Å². The van der Waals surface area contributed by atoms with Crippen LogP contribution in [0.2, 0.25) is 0 Å². The Balaban J connectivity index is 2.33. The lowest BCUT2D eigenvalue weighted by Gasteiger charge is -2.26. The Morgan fingerprint density at radius 2 is 1.05 bits per heavy atom. The van der Waals surface area contributed by atoms with Gasteiger partial charge in [0.15, 0.2) is 23.0 Å². The zero-order valence-corrected chi connectivity index (χ0v) is 25.8. The summed E-state index contributed by atoms with van der Waals surface area (Å²) in [6.45, 7) is 15.3. The lowest BCUT2D eigenvalue weighted by molar-refractivity contribution is -0.159. The third kappa shape index (κ3) is 6.40. The van der Waals surface area contributed by atoms with Crippen molar-refractivity contribution in [2.75, 3.05) is 27.4 Å². The minimum absolute atomic E-state index is 0.00832. The van der Waals surface area contributed by atoms with Gasteiger partial charge in [0.1, 0.15) is 11.8 Å². The maximum absolute atomic E-state index is 13.6. The van der Waals surface area contributed by atoms with E-state index in [1.165, 1.54) is 14.2 Å². The van der Waals surface area contributed by atoms with E-state index >= 15 is 0 Å². The maximum Gasteiger partial charge on any atom is 0.312 e. The van der Waals surface area contributed by atoms with Crippen molar-refractivity contribution in [3.8, 4) is 23.0 Å². The second-order valence-corrected chi connectivity index (χ2v) is 12.3. The molecule has 1 fully saturated rings. The molecule has 0 unspecified atom stereocenters. The third-order valence-corrected chi connectivity index (χ3v) is 7.36. The summed E-state index contributed by atoms with van der Waals surface area (Å²) in [5.41, 5.74) is 1.32. The largest absolute Gasteiger partial charge is 0.504 e. The summed E-state index contributed by atoms with van der Waals surface area (Å²) >= 11 is 0. The minimum atomic E-state index is -1.07. The SMILES string of the molecule is CCOC(=O)[C@@H]1[C@H](C(=O)OCC)[C@H](c2cc(OC)c(O)c(C(C)(C)C)c2)O[C@H]1c1cc(OC)c(O)c(C(C)(C)C)c1. The van der Waals surface area contributed by atoms with E-state index in [0.29, 0.717) is 22.3 Å². The van der Waals surface area contributed by atoms with Gasteiger partial charge in [0.25, 0.3) is 0 Å². The van der Waals surface area contributed by atoms with Crippen molar-refractivity contribution in [3.05, 3.63) is 46.5 Å². The van der Waals surface area contributed by atoms with Gasteiger partial charge in [-0.2, -0.15) is 0 Å². The second kappa shape index (κ2) is 12.2. The average molecular weight is 573 g/mol. The van der Waals surface area contributed by atoms with Crippen LogP contribution in [0.15, 0.2) is 24.3 Å². The first kappa shape index (κ1) is 32.1. The Labute approximate surface area is 242 Å². The van der Waals surface area contributed by atoms with Crippen molar-refractivity contribution in [1.82, 2.24) is 0 Å². The average Bonchev–Trinajstić information content (AvgIpc) is 3.29. The fraction of sp³-hybridized carbons (Fsp3) is 0.562. The van der Waals surface area contributed by atoms with Crippen LogP contribution in [0.25, 0.3) is 0 Å². The van der Waals surface area contributed by atoms with Crippen LogP contribution in [0.4, 0.5) is 0 Å². The number of hydrogen-bond donors (Lipinski definition) is 2. The molecule has 1 aliphatic heterocycles. The lowest BCUT2D eigenvalue weighted by atomic mass is 9.79. The number of carbonyl (C=O) groups is 2. The van der Waals surface area contributed by atoms with Gasteiger partial charge in [-0.25, -0.2) is 0 Å². The molecule has 9 nitrogen and oxygen atoms in total. The number of methoxy groups -OCH3 is 2. The van der Waals surface area contributed by atoms with Crippen LogP contribution in [0.1, 0.15) is 89.9 Å². The lowest BCUT2D eigenvalue weighted by Crippen LogP contribution is -2.33. The summed E-state index contributed by atoms with van der Waals surface area (Å²) in [6, 6.07) is 6.78. The van der Waals surface area contributed by atoms with E-state index in [0.717, 1.165) is 0 Å². The molecule has 0 amide bonds. The second-order valence-electron chi connectivity index (χ2n) is 12.3. The quantitative estimate of drug-likeness (QED) is 0.374. The molecule has 0 bridgehead atoms. The molecular weight excluding hydrogens is 528 g/mol. The van der Waals surface area contributed by atoms with Gasteiger partial charge in [-0.05, 0) is 60.1 Å². The van der Waals surface area contributed by atoms with E-state index in [1.807, 2.05) is 41.5 Å². The summed E-state index contributed by atoms with van der Waals surface area (Å²) in [6.07, 6.45) is -1.89. The van der Waals surface area contributed by atoms with E-state index in [9.17, 15) is 19.8 Å². The molecular formula is C32H44O9. The molecule has 0 radical (unpaired) electrons. The predicted octanol–water partition coefficient (Wildman–Crippen LogP) is 5.88. The number of rotatable bonds is 8. The number of carbonyl (C=O) groups excluding carboxylic acids is 2. The van der Waals surface area contributed by atoms with Crippen molar-refractivity contribution in [2.24, 2.45) is 11.8 Å². The van der Waals surface area contributed by atoms with Crippen LogP contribution in [0.3, 0.4) is 0 Å². The molecule has 2 aromatic rings. The highest BCUT2D eigenvalue weighted by Crippen LogP contribution is 2.54. The standard InChI is InChI=1S/C32H44O9/c1-11-39-29(35)23-24(30(36)40-12-2)28(18-14-20(32(6,7)8)26(34)22(16-18)38-10)41-27(23)17-13-19(31(3,4)5)25(33)21(15-17)37-9/h13-16,23-24,27-28,33-34H,11-12H2,1-10H3/t23-,24+,27-,28-/m0/s1. The van der Waals surface area contributed by atoms with E-state index < -0.39 is 46.8 Å². The van der Waals surface area contributed by atoms with Gasteiger partial charge in [-0.15, -0.1) is 0 Å². The highest BCUT2D eigenvalue weighted by atomic mass is 16.6. The van der Waals surface area contributed by atoms with Crippen LogP contribution in [0, 0.1) is 11.8 Å². The number of phenols is 2. The van der Waals surface area contributed by atoms with Crippen molar-refractivity contribution in [1.29, 1.82) is 0 Å². The monoisotopic (exact) mass is 572 g/mol. The smallest absolute Gasteiger partial charge is 0.312 e. The molecule has 9 heteroatoms. The van der Waals surface area contributed by atoms with Crippen LogP contribution in [-0.2, 0) is 34.6 Å². The molecule has 4 atom stereocenters. The maximum atomic E-state index is 13.6. The summed E-state index contributed by atoms with van der Waals surface area (Å²) in [7, 11) is 2.90. The minimum Gasteiger partial charge on any atom is -0.504 e.